The Kier molecular flexibility index (Phi) is 10.0. The molecule has 0 aliphatic carbocycles. The summed E-state index contributed by atoms with van der Waals surface area (Å²) in [4.78, 5) is 13.9. The zero-order valence-corrected chi connectivity index (χ0v) is 19.6. The van der Waals surface area contributed by atoms with Gasteiger partial charge in [0.15, 0.2) is 0 Å². The number of esters is 1. The first kappa shape index (κ1) is 24.3. The van der Waals surface area contributed by atoms with Gasteiger partial charge in [0.05, 0.1) is 20.3 Å². The van der Waals surface area contributed by atoms with E-state index in [2.05, 4.69) is 41.3 Å². The lowest BCUT2D eigenvalue weighted by Crippen LogP contribution is -2.41. The Bertz CT molecular complexity index is 803. The minimum absolute atomic E-state index is 0.0790. The van der Waals surface area contributed by atoms with E-state index in [0.29, 0.717) is 19.6 Å². The van der Waals surface area contributed by atoms with Gasteiger partial charge < -0.3 is 14.2 Å². The third-order valence-electron chi connectivity index (χ3n) is 6.00. The molecule has 1 saturated heterocycles. The standard InChI is InChI=1S/C27H37NO4/c1-3-31-27(29)10-5-4-7-19-28-20-8-6-9-26(28)32-21-22-11-13-23(14-12-22)24-15-17-25(30-2)18-16-24/h11-18,26H,3-10,19-21H2,1-2H3. The van der Waals surface area contributed by atoms with Gasteiger partial charge in [-0.2, -0.15) is 0 Å². The monoisotopic (exact) mass is 439 g/mol. The molecule has 0 amide bonds. The second kappa shape index (κ2) is 13.2. The van der Waals surface area contributed by atoms with E-state index >= 15 is 0 Å². The molecule has 0 radical (unpaired) electrons. The minimum Gasteiger partial charge on any atom is -0.497 e. The van der Waals surface area contributed by atoms with Crippen LogP contribution in [0.4, 0.5) is 0 Å². The van der Waals surface area contributed by atoms with Crippen molar-refractivity contribution in [1.82, 2.24) is 4.90 Å². The van der Waals surface area contributed by atoms with Gasteiger partial charge in [-0.05, 0) is 67.9 Å². The van der Waals surface area contributed by atoms with E-state index in [1.165, 1.54) is 29.5 Å². The van der Waals surface area contributed by atoms with Crippen molar-refractivity contribution in [2.75, 3.05) is 26.8 Å². The number of hydrogen-bond donors (Lipinski definition) is 0. The van der Waals surface area contributed by atoms with Crippen LogP contribution in [0.5, 0.6) is 5.75 Å². The Balaban J connectivity index is 1.43. The molecule has 2 aromatic rings. The molecular formula is C27H37NO4. The van der Waals surface area contributed by atoms with E-state index in [0.717, 1.165) is 44.5 Å². The Morgan fingerprint density at radius 2 is 1.69 bits per heavy atom. The number of carbonyl (C=O) groups excluding carboxylic acids is 1. The van der Waals surface area contributed by atoms with Crippen LogP contribution in [-0.2, 0) is 20.9 Å². The number of nitrogens with zero attached hydrogens (tertiary/aromatic N) is 1. The molecule has 1 unspecified atom stereocenters. The number of carbonyl (C=O) groups is 1. The summed E-state index contributed by atoms with van der Waals surface area (Å²) in [7, 11) is 1.68. The Hall–Kier alpha value is -2.37. The molecule has 1 atom stereocenters. The quantitative estimate of drug-likeness (QED) is 0.308. The first-order valence-corrected chi connectivity index (χ1v) is 11.9. The molecule has 1 fully saturated rings. The number of piperidine rings is 1. The fourth-order valence-electron chi connectivity index (χ4n) is 4.17. The zero-order chi connectivity index (χ0) is 22.6. The van der Waals surface area contributed by atoms with Crippen molar-refractivity contribution in [3.05, 3.63) is 54.1 Å². The number of hydrogen-bond acceptors (Lipinski definition) is 5. The highest BCUT2D eigenvalue weighted by Gasteiger charge is 2.22. The Labute approximate surface area is 192 Å². The number of likely N-dealkylation sites (tertiary alicyclic amines) is 1. The van der Waals surface area contributed by atoms with E-state index < -0.39 is 0 Å². The van der Waals surface area contributed by atoms with Crippen molar-refractivity contribution in [3.8, 4) is 16.9 Å². The maximum absolute atomic E-state index is 11.4. The Morgan fingerprint density at radius 1 is 0.969 bits per heavy atom. The maximum atomic E-state index is 11.4. The topological polar surface area (TPSA) is 48.0 Å². The van der Waals surface area contributed by atoms with Gasteiger partial charge in [0.1, 0.15) is 12.0 Å². The average molecular weight is 440 g/mol. The van der Waals surface area contributed by atoms with Crippen LogP contribution < -0.4 is 4.74 Å². The molecule has 1 heterocycles. The molecule has 5 heteroatoms. The molecule has 0 bridgehead atoms. The molecule has 3 rings (SSSR count). The van der Waals surface area contributed by atoms with E-state index in [9.17, 15) is 4.79 Å². The van der Waals surface area contributed by atoms with Gasteiger partial charge in [-0.15, -0.1) is 0 Å². The molecule has 174 valence electrons. The molecule has 2 aromatic carbocycles. The summed E-state index contributed by atoms with van der Waals surface area (Å²) < 4.78 is 16.6. The van der Waals surface area contributed by atoms with Gasteiger partial charge in [0.25, 0.3) is 0 Å². The number of methoxy groups -OCH3 is 1. The molecule has 1 aliphatic heterocycles. The van der Waals surface area contributed by atoms with Crippen LogP contribution in [0.1, 0.15) is 57.4 Å². The molecule has 0 N–H and O–H groups in total. The predicted octanol–water partition coefficient (Wildman–Crippen LogP) is 5.81. The van der Waals surface area contributed by atoms with Gasteiger partial charge in [-0.3, -0.25) is 9.69 Å². The molecule has 0 spiro atoms. The average Bonchev–Trinajstić information content (AvgIpc) is 2.84. The van der Waals surface area contributed by atoms with Crippen LogP contribution in [0.25, 0.3) is 11.1 Å². The highest BCUT2D eigenvalue weighted by atomic mass is 16.5. The number of unbranched alkanes of at least 4 members (excludes halogenated alkanes) is 2. The molecular weight excluding hydrogens is 402 g/mol. The van der Waals surface area contributed by atoms with Crippen molar-refractivity contribution in [2.24, 2.45) is 0 Å². The molecule has 0 saturated carbocycles. The van der Waals surface area contributed by atoms with E-state index in [1.54, 1.807) is 7.11 Å². The molecule has 32 heavy (non-hydrogen) atoms. The van der Waals surface area contributed by atoms with Crippen LogP contribution in [0.2, 0.25) is 0 Å². The first-order valence-electron chi connectivity index (χ1n) is 11.9. The zero-order valence-electron chi connectivity index (χ0n) is 19.6. The normalized spacial score (nSPS) is 16.6. The molecule has 0 aromatic heterocycles. The Morgan fingerprint density at radius 3 is 2.38 bits per heavy atom. The summed E-state index contributed by atoms with van der Waals surface area (Å²) in [5.74, 6) is 0.791. The van der Waals surface area contributed by atoms with Crippen LogP contribution >= 0.6 is 0 Å². The third-order valence-corrected chi connectivity index (χ3v) is 6.00. The fourth-order valence-corrected chi connectivity index (χ4v) is 4.17. The summed E-state index contributed by atoms with van der Waals surface area (Å²) in [6.07, 6.45) is 7.31. The minimum atomic E-state index is -0.0790. The third kappa shape index (κ3) is 7.64. The van der Waals surface area contributed by atoms with Crippen molar-refractivity contribution in [2.45, 2.75) is 64.7 Å². The van der Waals surface area contributed by atoms with Gasteiger partial charge in [0, 0.05) is 19.5 Å². The van der Waals surface area contributed by atoms with Crippen molar-refractivity contribution in [3.63, 3.8) is 0 Å². The summed E-state index contributed by atoms with van der Waals surface area (Å²) in [5, 5.41) is 0. The summed E-state index contributed by atoms with van der Waals surface area (Å²) in [6, 6.07) is 16.8. The van der Waals surface area contributed by atoms with Gasteiger partial charge >= 0.3 is 5.97 Å². The highest BCUT2D eigenvalue weighted by Crippen LogP contribution is 2.24. The molecule has 1 aliphatic rings. The maximum Gasteiger partial charge on any atom is 0.305 e. The number of rotatable bonds is 12. The van der Waals surface area contributed by atoms with E-state index in [-0.39, 0.29) is 12.2 Å². The van der Waals surface area contributed by atoms with Crippen molar-refractivity contribution >= 4 is 5.97 Å². The number of benzene rings is 2. The van der Waals surface area contributed by atoms with Gasteiger partial charge in [-0.25, -0.2) is 0 Å². The highest BCUT2D eigenvalue weighted by molar-refractivity contribution is 5.69. The fraction of sp³-hybridized carbons (Fsp3) is 0.519. The smallest absolute Gasteiger partial charge is 0.305 e. The van der Waals surface area contributed by atoms with Crippen LogP contribution in [0.15, 0.2) is 48.5 Å². The second-order valence-corrected chi connectivity index (χ2v) is 8.34. The van der Waals surface area contributed by atoms with Gasteiger partial charge in [-0.1, -0.05) is 42.8 Å². The lowest BCUT2D eigenvalue weighted by Gasteiger charge is -2.35. The molecule has 5 nitrogen and oxygen atoms in total. The number of ether oxygens (including phenoxy) is 3. The summed E-state index contributed by atoms with van der Waals surface area (Å²) >= 11 is 0. The van der Waals surface area contributed by atoms with Crippen molar-refractivity contribution < 1.29 is 19.0 Å². The van der Waals surface area contributed by atoms with E-state index in [4.69, 9.17) is 14.2 Å². The summed E-state index contributed by atoms with van der Waals surface area (Å²) in [5.41, 5.74) is 3.57. The van der Waals surface area contributed by atoms with Crippen molar-refractivity contribution in [1.29, 1.82) is 0 Å². The predicted molar refractivity (Wildman–Crippen MR) is 128 cm³/mol. The SMILES string of the molecule is CCOC(=O)CCCCCN1CCCCC1OCc1ccc(-c2ccc(OC)cc2)cc1. The van der Waals surface area contributed by atoms with E-state index in [1.807, 2.05) is 19.1 Å². The second-order valence-electron chi connectivity index (χ2n) is 8.34. The van der Waals surface area contributed by atoms with Crippen LogP contribution in [0, 0.1) is 0 Å². The first-order chi connectivity index (χ1) is 15.7. The lowest BCUT2D eigenvalue weighted by molar-refractivity contribution is -0.143. The van der Waals surface area contributed by atoms with Crippen LogP contribution in [-0.4, -0.2) is 43.9 Å². The summed E-state index contributed by atoms with van der Waals surface area (Å²) in [6.45, 7) is 5.08. The van der Waals surface area contributed by atoms with Crippen LogP contribution in [0.3, 0.4) is 0 Å². The largest absolute Gasteiger partial charge is 0.497 e. The van der Waals surface area contributed by atoms with Gasteiger partial charge in [0.2, 0.25) is 0 Å². The lowest BCUT2D eigenvalue weighted by atomic mass is 10.0.